The zero-order chi connectivity index (χ0) is 15.6. The van der Waals surface area contributed by atoms with Crippen molar-refractivity contribution in [2.24, 2.45) is 0 Å². The van der Waals surface area contributed by atoms with Crippen LogP contribution in [0.2, 0.25) is 10.0 Å². The van der Waals surface area contributed by atoms with Gasteiger partial charge in [-0.3, -0.25) is 9.59 Å². The molecular formula is C12H8Cl2N2O4S. The third-order valence-corrected chi connectivity index (χ3v) is 4.35. The molecule has 2 aromatic rings. The van der Waals surface area contributed by atoms with E-state index >= 15 is 0 Å². The number of aromatic nitrogens is 1. The highest BCUT2D eigenvalue weighted by Crippen LogP contribution is 2.14. The van der Waals surface area contributed by atoms with Crippen LogP contribution in [0.5, 0.6) is 0 Å². The Bertz CT molecular complexity index is 844. The normalized spacial score (nSPS) is 11.1. The average molecular weight is 347 g/mol. The number of rotatable bonds is 3. The van der Waals surface area contributed by atoms with Crippen LogP contribution in [0.1, 0.15) is 10.4 Å². The van der Waals surface area contributed by atoms with Crippen LogP contribution in [0, 0.1) is 0 Å². The van der Waals surface area contributed by atoms with Crippen molar-refractivity contribution in [3.8, 4) is 0 Å². The third-order valence-electron chi connectivity index (χ3n) is 2.47. The van der Waals surface area contributed by atoms with Gasteiger partial charge in [-0.2, -0.15) is 0 Å². The molecule has 0 fully saturated rings. The first-order valence-corrected chi connectivity index (χ1v) is 7.74. The van der Waals surface area contributed by atoms with Crippen LogP contribution in [0.3, 0.4) is 0 Å². The molecule has 9 heteroatoms. The summed E-state index contributed by atoms with van der Waals surface area (Å²) in [4.78, 5) is 25.1. The van der Waals surface area contributed by atoms with Crippen molar-refractivity contribution in [3.05, 3.63) is 62.5 Å². The summed E-state index contributed by atoms with van der Waals surface area (Å²) in [5.41, 5.74) is -0.661. The lowest BCUT2D eigenvalue weighted by molar-refractivity contribution is 0.0981. The number of halogens is 2. The van der Waals surface area contributed by atoms with Gasteiger partial charge >= 0.3 is 0 Å². The minimum atomic E-state index is -4.04. The molecule has 0 saturated carbocycles. The second-order valence-corrected chi connectivity index (χ2v) is 6.48. The Labute approximate surface area is 129 Å². The van der Waals surface area contributed by atoms with Gasteiger partial charge in [0.15, 0.2) is 0 Å². The molecule has 0 saturated heterocycles. The van der Waals surface area contributed by atoms with Crippen LogP contribution in [0.15, 0.2) is 46.2 Å². The smallest absolute Gasteiger partial charge is 0.266 e. The van der Waals surface area contributed by atoms with Crippen molar-refractivity contribution < 1.29 is 13.2 Å². The summed E-state index contributed by atoms with van der Waals surface area (Å²) in [6.45, 7) is 0. The molecule has 1 aromatic carbocycles. The average Bonchev–Trinajstić information content (AvgIpc) is 2.41. The number of sulfonamides is 1. The van der Waals surface area contributed by atoms with Gasteiger partial charge in [-0.05, 0) is 30.3 Å². The monoisotopic (exact) mass is 346 g/mol. The molecule has 0 bridgehead atoms. The van der Waals surface area contributed by atoms with Crippen LogP contribution in [0.4, 0.5) is 0 Å². The van der Waals surface area contributed by atoms with Crippen LogP contribution >= 0.6 is 23.2 Å². The highest BCUT2D eigenvalue weighted by Gasteiger charge is 2.19. The molecule has 1 amide bonds. The van der Waals surface area contributed by atoms with E-state index in [1.54, 1.807) is 0 Å². The van der Waals surface area contributed by atoms with Crippen molar-refractivity contribution in [2.45, 2.75) is 4.90 Å². The van der Waals surface area contributed by atoms with Crippen LogP contribution in [-0.4, -0.2) is 19.3 Å². The van der Waals surface area contributed by atoms with E-state index in [2.05, 4.69) is 4.98 Å². The minimum Gasteiger partial charge on any atom is -0.327 e. The van der Waals surface area contributed by atoms with Gasteiger partial charge in [-0.25, -0.2) is 13.1 Å². The van der Waals surface area contributed by atoms with E-state index in [1.807, 2.05) is 4.72 Å². The lowest BCUT2D eigenvalue weighted by Gasteiger charge is -2.07. The lowest BCUT2D eigenvalue weighted by Crippen LogP contribution is -2.31. The number of carbonyl (C=O) groups excluding carboxylic acids is 1. The molecule has 0 radical (unpaired) electrons. The molecule has 0 atom stereocenters. The Morgan fingerprint density at radius 1 is 1.14 bits per heavy atom. The van der Waals surface area contributed by atoms with Gasteiger partial charge in [-0.15, -0.1) is 0 Å². The number of nitrogens with one attached hydrogen (secondary N) is 2. The standard InChI is InChI=1S/C12H8Cl2N2O4S/c13-8-1-3-9(4-2-8)21(19,20)16-11(17)7-5-10(14)12(18)15-6-7/h1-6H,(H,15,18)(H,16,17). The van der Waals surface area contributed by atoms with Crippen LogP contribution in [-0.2, 0) is 10.0 Å². The Hall–Kier alpha value is -1.83. The minimum absolute atomic E-state index is 0.0860. The van der Waals surface area contributed by atoms with Gasteiger partial charge in [0.05, 0.1) is 10.5 Å². The Kier molecular flexibility index (Phi) is 4.36. The van der Waals surface area contributed by atoms with E-state index in [9.17, 15) is 18.0 Å². The number of aromatic amines is 1. The topological polar surface area (TPSA) is 96.1 Å². The lowest BCUT2D eigenvalue weighted by atomic mass is 10.3. The first-order chi connectivity index (χ1) is 9.79. The van der Waals surface area contributed by atoms with Gasteiger partial charge < -0.3 is 4.98 Å². The summed E-state index contributed by atoms with van der Waals surface area (Å²) in [5, 5.41) is 0.152. The fourth-order valence-corrected chi connectivity index (χ4v) is 2.71. The zero-order valence-corrected chi connectivity index (χ0v) is 12.6. The summed E-state index contributed by atoms with van der Waals surface area (Å²) >= 11 is 11.2. The maximum Gasteiger partial charge on any atom is 0.266 e. The van der Waals surface area contributed by atoms with E-state index in [4.69, 9.17) is 23.2 Å². The van der Waals surface area contributed by atoms with Gasteiger partial charge in [0.2, 0.25) is 0 Å². The largest absolute Gasteiger partial charge is 0.327 e. The van der Waals surface area contributed by atoms with Crippen LogP contribution in [0.25, 0.3) is 0 Å². The fourth-order valence-electron chi connectivity index (χ4n) is 1.44. The van der Waals surface area contributed by atoms with Crippen molar-refractivity contribution >= 4 is 39.1 Å². The van der Waals surface area contributed by atoms with Gasteiger partial charge in [0, 0.05) is 11.2 Å². The predicted octanol–water partition coefficient (Wildman–Crippen LogP) is 1.80. The predicted molar refractivity (Wildman–Crippen MR) is 78.2 cm³/mol. The van der Waals surface area contributed by atoms with E-state index in [0.717, 1.165) is 12.3 Å². The molecule has 0 aliphatic rings. The Morgan fingerprint density at radius 2 is 1.76 bits per heavy atom. The molecule has 0 unspecified atom stereocenters. The molecule has 110 valence electrons. The molecule has 2 rings (SSSR count). The van der Waals surface area contributed by atoms with Crippen molar-refractivity contribution in [1.82, 2.24) is 9.71 Å². The fraction of sp³-hybridized carbons (Fsp3) is 0. The van der Waals surface area contributed by atoms with Gasteiger partial charge in [-0.1, -0.05) is 23.2 Å². The number of H-pyrrole nitrogens is 1. The van der Waals surface area contributed by atoms with Gasteiger partial charge in [0.1, 0.15) is 5.02 Å². The highest BCUT2D eigenvalue weighted by atomic mass is 35.5. The van der Waals surface area contributed by atoms with Crippen molar-refractivity contribution in [1.29, 1.82) is 0 Å². The van der Waals surface area contributed by atoms with E-state index in [0.29, 0.717) is 5.02 Å². The van der Waals surface area contributed by atoms with Crippen LogP contribution < -0.4 is 10.3 Å². The summed E-state index contributed by atoms with van der Waals surface area (Å²) in [6, 6.07) is 6.37. The number of pyridine rings is 1. The maximum atomic E-state index is 12.0. The highest BCUT2D eigenvalue weighted by molar-refractivity contribution is 7.90. The second kappa shape index (κ2) is 5.88. The number of hydrogen-bond donors (Lipinski definition) is 2. The summed E-state index contributed by atoms with van der Waals surface area (Å²) in [5.74, 6) is -0.914. The van der Waals surface area contributed by atoms with E-state index < -0.39 is 21.5 Å². The van der Waals surface area contributed by atoms with E-state index in [1.165, 1.54) is 24.3 Å². The van der Waals surface area contributed by atoms with Crippen molar-refractivity contribution in [3.63, 3.8) is 0 Å². The number of amides is 1. The number of hydrogen-bond acceptors (Lipinski definition) is 4. The third kappa shape index (κ3) is 3.63. The van der Waals surface area contributed by atoms with E-state index in [-0.39, 0.29) is 15.5 Å². The molecule has 2 N–H and O–H groups in total. The number of carbonyl (C=O) groups is 1. The quantitative estimate of drug-likeness (QED) is 0.885. The SMILES string of the molecule is O=C(NS(=O)(=O)c1ccc(Cl)cc1)c1c[nH]c(=O)c(Cl)c1. The van der Waals surface area contributed by atoms with Gasteiger partial charge in [0.25, 0.3) is 21.5 Å². The first-order valence-electron chi connectivity index (χ1n) is 5.50. The molecule has 21 heavy (non-hydrogen) atoms. The molecule has 6 nitrogen and oxygen atoms in total. The molecule has 1 heterocycles. The zero-order valence-electron chi connectivity index (χ0n) is 10.3. The van der Waals surface area contributed by atoms with Crippen molar-refractivity contribution in [2.75, 3.05) is 0 Å². The molecule has 1 aromatic heterocycles. The maximum absolute atomic E-state index is 12.0. The second-order valence-electron chi connectivity index (χ2n) is 3.95. The molecular weight excluding hydrogens is 339 g/mol. The Morgan fingerprint density at radius 3 is 2.33 bits per heavy atom. The first kappa shape index (κ1) is 15.6. The molecule has 0 spiro atoms. The molecule has 0 aliphatic carbocycles. The molecule has 0 aliphatic heterocycles. The summed E-state index contributed by atoms with van der Waals surface area (Å²) in [7, 11) is -4.04. The Balaban J connectivity index is 2.27. The number of benzene rings is 1. The summed E-state index contributed by atoms with van der Waals surface area (Å²) < 4.78 is 25.9. The summed E-state index contributed by atoms with van der Waals surface area (Å²) in [6.07, 6.45) is 1.07.